The molecule has 2 aromatic carbocycles. The number of ether oxygens (including phenoxy) is 2. The third-order valence-corrected chi connectivity index (χ3v) is 3.32. The van der Waals surface area contributed by atoms with Crippen molar-refractivity contribution in [2.75, 3.05) is 19.0 Å². The second kappa shape index (κ2) is 9.32. The topological polar surface area (TPSA) is 69.2 Å². The van der Waals surface area contributed by atoms with Crippen LogP contribution >= 0.6 is 0 Å². The minimum Gasteiger partial charge on any atom is -0.493 e. The van der Waals surface area contributed by atoms with Crippen molar-refractivity contribution in [1.82, 2.24) is 0 Å². The second-order valence-corrected chi connectivity index (χ2v) is 5.18. The summed E-state index contributed by atoms with van der Waals surface area (Å²) >= 11 is 0. The van der Waals surface area contributed by atoms with E-state index >= 15 is 0 Å². The van der Waals surface area contributed by atoms with Gasteiger partial charge in [0, 0.05) is 11.3 Å². The molecule has 0 fully saturated rings. The lowest BCUT2D eigenvalue weighted by atomic mass is 10.2. The maximum Gasteiger partial charge on any atom is 0.267 e. The van der Waals surface area contributed by atoms with E-state index in [1.807, 2.05) is 31.2 Å². The molecule has 6 heteroatoms. The van der Waals surface area contributed by atoms with Crippen LogP contribution in [0.25, 0.3) is 0 Å². The van der Waals surface area contributed by atoms with Crippen molar-refractivity contribution in [1.29, 1.82) is 0 Å². The van der Waals surface area contributed by atoms with E-state index < -0.39 is 6.10 Å². The first-order chi connectivity index (χ1) is 12.1. The number of hydrogen-bond donors (Lipinski definition) is 1. The summed E-state index contributed by atoms with van der Waals surface area (Å²) in [6.07, 6.45) is 0.797. The maximum absolute atomic E-state index is 12.0. The molecular formula is C19H22N2O4. The number of benzene rings is 2. The average molecular weight is 342 g/mol. The highest BCUT2D eigenvalue weighted by molar-refractivity contribution is 5.93. The van der Waals surface area contributed by atoms with Crippen molar-refractivity contribution >= 4 is 17.8 Å². The normalized spacial score (nSPS) is 11.8. The molecular weight excluding hydrogens is 320 g/mol. The van der Waals surface area contributed by atoms with Crippen LogP contribution in [0.5, 0.6) is 11.5 Å². The number of oxime groups is 1. The molecule has 0 aliphatic rings. The van der Waals surface area contributed by atoms with Gasteiger partial charge in [-0.3, -0.25) is 4.79 Å². The zero-order valence-corrected chi connectivity index (χ0v) is 14.6. The molecule has 0 aromatic heterocycles. The molecule has 25 heavy (non-hydrogen) atoms. The number of carbonyl (C=O) groups is 1. The minimum absolute atomic E-state index is 0.271. The number of rotatable bonds is 8. The second-order valence-electron chi connectivity index (χ2n) is 5.18. The third-order valence-electron chi connectivity index (χ3n) is 3.32. The lowest BCUT2D eigenvalue weighted by Gasteiger charge is -2.11. The molecule has 2 rings (SSSR count). The van der Waals surface area contributed by atoms with E-state index in [0.717, 1.165) is 5.56 Å². The number of amides is 1. The number of carbonyl (C=O) groups excluding carboxylic acids is 1. The quantitative estimate of drug-likeness (QED) is 0.589. The van der Waals surface area contributed by atoms with Crippen LogP contribution in [0.4, 0.5) is 5.69 Å². The summed E-state index contributed by atoms with van der Waals surface area (Å²) in [5.74, 6) is 1.01. The van der Waals surface area contributed by atoms with Gasteiger partial charge >= 0.3 is 0 Å². The van der Waals surface area contributed by atoms with Crippen molar-refractivity contribution < 1.29 is 19.1 Å². The number of anilines is 1. The fourth-order valence-corrected chi connectivity index (χ4v) is 2.04. The molecule has 0 saturated carbocycles. The van der Waals surface area contributed by atoms with Crippen LogP contribution in [0.2, 0.25) is 0 Å². The Morgan fingerprint density at radius 3 is 2.64 bits per heavy atom. The van der Waals surface area contributed by atoms with Crippen molar-refractivity contribution in [2.24, 2.45) is 5.16 Å². The fraction of sp³-hybridized carbons (Fsp3) is 0.263. The first kappa shape index (κ1) is 18.3. The van der Waals surface area contributed by atoms with Gasteiger partial charge < -0.3 is 19.6 Å². The zero-order chi connectivity index (χ0) is 18.1. The Kier molecular flexibility index (Phi) is 6.83. The molecule has 1 N–H and O–H groups in total. The Hall–Kier alpha value is -3.02. The molecule has 1 atom stereocenters. The van der Waals surface area contributed by atoms with Crippen LogP contribution in [0.3, 0.4) is 0 Å². The number of nitrogens with one attached hydrogen (secondary N) is 1. The van der Waals surface area contributed by atoms with E-state index in [-0.39, 0.29) is 5.91 Å². The monoisotopic (exact) mass is 342 g/mol. The highest BCUT2D eigenvalue weighted by Gasteiger charge is 2.14. The average Bonchev–Trinajstić information content (AvgIpc) is 2.63. The molecule has 0 bridgehead atoms. The highest BCUT2D eigenvalue weighted by Crippen LogP contribution is 2.27. The van der Waals surface area contributed by atoms with Gasteiger partial charge in [0.25, 0.3) is 5.91 Å². The summed E-state index contributed by atoms with van der Waals surface area (Å²) in [6, 6.07) is 14.6. The highest BCUT2D eigenvalue weighted by atomic mass is 16.6. The Morgan fingerprint density at radius 2 is 1.96 bits per heavy atom. The molecule has 132 valence electrons. The Morgan fingerprint density at radius 1 is 1.20 bits per heavy atom. The molecule has 2 aromatic rings. The summed E-state index contributed by atoms with van der Waals surface area (Å²) in [5, 5.41) is 6.63. The van der Waals surface area contributed by atoms with Crippen LogP contribution < -0.4 is 14.8 Å². The number of nitrogens with zero attached hydrogens (tertiary/aromatic N) is 1. The summed E-state index contributed by atoms with van der Waals surface area (Å²) in [5.41, 5.74) is 1.49. The Bertz CT molecular complexity index is 717. The third kappa shape index (κ3) is 5.53. The summed E-state index contributed by atoms with van der Waals surface area (Å²) < 4.78 is 10.7. The van der Waals surface area contributed by atoms with Crippen LogP contribution in [0, 0.1) is 0 Å². The van der Waals surface area contributed by atoms with E-state index in [0.29, 0.717) is 23.8 Å². The molecule has 0 heterocycles. The number of para-hydroxylation sites is 1. The van der Waals surface area contributed by atoms with Crippen LogP contribution in [0.1, 0.15) is 19.4 Å². The van der Waals surface area contributed by atoms with Crippen LogP contribution in [-0.2, 0) is 9.63 Å². The molecule has 1 amide bonds. The molecule has 0 spiro atoms. The molecule has 0 aliphatic heterocycles. The zero-order valence-electron chi connectivity index (χ0n) is 14.6. The van der Waals surface area contributed by atoms with E-state index in [2.05, 4.69) is 10.5 Å². The fourth-order valence-electron chi connectivity index (χ4n) is 2.04. The van der Waals surface area contributed by atoms with Gasteiger partial charge in [0.1, 0.15) is 0 Å². The smallest absolute Gasteiger partial charge is 0.267 e. The molecule has 0 aliphatic carbocycles. The Labute approximate surface area is 147 Å². The minimum atomic E-state index is -0.721. The maximum atomic E-state index is 12.0. The standard InChI is InChI=1S/C19H22N2O4/c1-4-24-17-11-10-15(12-18(17)23-3)13-20-25-14(2)19(22)21-16-8-6-5-7-9-16/h5-14H,4H2,1-3H3,(H,21,22)/b20-13+. The van der Waals surface area contributed by atoms with Crippen LogP contribution in [0.15, 0.2) is 53.7 Å². The van der Waals surface area contributed by atoms with Gasteiger partial charge in [-0.15, -0.1) is 0 Å². The number of methoxy groups -OCH3 is 1. The van der Waals surface area contributed by atoms with E-state index in [1.165, 1.54) is 6.21 Å². The molecule has 1 unspecified atom stereocenters. The summed E-state index contributed by atoms with van der Waals surface area (Å²) in [4.78, 5) is 17.2. The van der Waals surface area contributed by atoms with Crippen molar-refractivity contribution in [2.45, 2.75) is 20.0 Å². The molecule has 6 nitrogen and oxygen atoms in total. The van der Waals surface area contributed by atoms with Gasteiger partial charge in [-0.05, 0) is 44.2 Å². The summed E-state index contributed by atoms with van der Waals surface area (Å²) in [6.45, 7) is 4.10. The predicted molar refractivity (Wildman–Crippen MR) is 97.4 cm³/mol. The van der Waals surface area contributed by atoms with E-state index in [4.69, 9.17) is 14.3 Å². The largest absolute Gasteiger partial charge is 0.493 e. The van der Waals surface area contributed by atoms with Gasteiger partial charge in [-0.25, -0.2) is 0 Å². The van der Waals surface area contributed by atoms with Gasteiger partial charge in [0.15, 0.2) is 11.5 Å². The van der Waals surface area contributed by atoms with E-state index in [1.54, 1.807) is 38.3 Å². The number of hydrogen-bond acceptors (Lipinski definition) is 5. The first-order valence-corrected chi connectivity index (χ1v) is 8.00. The van der Waals surface area contributed by atoms with Gasteiger partial charge in [0.2, 0.25) is 6.10 Å². The van der Waals surface area contributed by atoms with Crippen molar-refractivity contribution in [3.8, 4) is 11.5 Å². The molecule has 0 radical (unpaired) electrons. The van der Waals surface area contributed by atoms with E-state index in [9.17, 15) is 4.79 Å². The summed E-state index contributed by atoms with van der Waals surface area (Å²) in [7, 11) is 1.57. The van der Waals surface area contributed by atoms with Crippen molar-refractivity contribution in [3.05, 3.63) is 54.1 Å². The predicted octanol–water partition coefficient (Wildman–Crippen LogP) is 3.47. The SMILES string of the molecule is CCOc1ccc(/C=N/OC(C)C(=O)Nc2ccccc2)cc1OC. The first-order valence-electron chi connectivity index (χ1n) is 8.00. The van der Waals surface area contributed by atoms with Gasteiger partial charge in [-0.1, -0.05) is 23.4 Å². The lowest BCUT2D eigenvalue weighted by molar-refractivity contribution is -0.126. The van der Waals surface area contributed by atoms with Gasteiger partial charge in [-0.2, -0.15) is 0 Å². The van der Waals surface area contributed by atoms with Gasteiger partial charge in [0.05, 0.1) is 19.9 Å². The lowest BCUT2D eigenvalue weighted by Crippen LogP contribution is -2.26. The Balaban J connectivity index is 1.92. The molecule has 0 saturated heterocycles. The van der Waals surface area contributed by atoms with Crippen molar-refractivity contribution in [3.63, 3.8) is 0 Å². The van der Waals surface area contributed by atoms with Crippen LogP contribution in [-0.4, -0.2) is 31.9 Å².